The number of hydrogen-bond donors (Lipinski definition) is 0. The molecule has 5 nitrogen and oxygen atoms in total. The molecular formula is C40H39NO4SSn. The van der Waals surface area contributed by atoms with Gasteiger partial charge >= 0.3 is 284 Å². The number of rotatable bonds is 8. The zero-order valence-corrected chi connectivity index (χ0v) is 30.8. The van der Waals surface area contributed by atoms with E-state index in [1.807, 2.05) is 75.4 Å². The molecule has 5 aromatic rings. The van der Waals surface area contributed by atoms with E-state index in [1.54, 1.807) is 12.1 Å². The van der Waals surface area contributed by atoms with Crippen molar-refractivity contribution in [2.45, 2.75) is 31.7 Å². The van der Waals surface area contributed by atoms with Gasteiger partial charge in [0.2, 0.25) is 0 Å². The van der Waals surface area contributed by atoms with Crippen molar-refractivity contribution in [2.75, 3.05) is 13.7 Å². The molecule has 0 unspecified atom stereocenters. The average molecular weight is 749 g/mol. The van der Waals surface area contributed by atoms with E-state index in [-0.39, 0.29) is 11.4 Å². The van der Waals surface area contributed by atoms with Crippen LogP contribution >= 0.6 is 0 Å². The maximum atomic E-state index is 14.7. The van der Waals surface area contributed by atoms with Crippen LogP contribution in [-0.2, 0) is 19.6 Å². The zero-order valence-electron chi connectivity index (χ0n) is 27.1. The second-order valence-corrected chi connectivity index (χ2v) is 24.7. The molecule has 1 aliphatic heterocycles. The SMILES string of the molecule is COC(=O)[C@]1(C)/C(=[CH]/[Sn]([c]2ccccc2)([c]2ccccc2)[c]2ccccc2)CN(S(=O)(=O)c2ccc(C)cc2)[C@H]1c1ccc(C)cc1. The van der Waals surface area contributed by atoms with E-state index in [0.29, 0.717) is 0 Å². The second-order valence-electron chi connectivity index (χ2n) is 12.4. The number of benzene rings is 5. The minimum absolute atomic E-state index is 0.0471. The van der Waals surface area contributed by atoms with Gasteiger partial charge in [-0.3, -0.25) is 0 Å². The summed E-state index contributed by atoms with van der Waals surface area (Å²) in [6, 6.07) is 45.3. The molecule has 47 heavy (non-hydrogen) atoms. The first kappa shape index (κ1) is 32.9. The van der Waals surface area contributed by atoms with Gasteiger partial charge in [0.25, 0.3) is 0 Å². The van der Waals surface area contributed by atoms with Crippen LogP contribution in [0.3, 0.4) is 0 Å². The van der Waals surface area contributed by atoms with E-state index in [0.717, 1.165) is 22.3 Å². The van der Waals surface area contributed by atoms with Gasteiger partial charge in [0.05, 0.1) is 0 Å². The Morgan fingerprint density at radius 2 is 1.15 bits per heavy atom. The van der Waals surface area contributed by atoms with E-state index in [1.165, 1.54) is 22.2 Å². The molecule has 5 aromatic carbocycles. The van der Waals surface area contributed by atoms with Crippen molar-refractivity contribution in [3.05, 3.63) is 166 Å². The fourth-order valence-corrected chi connectivity index (χ4v) is 21.7. The number of carbonyl (C=O) groups is 1. The predicted octanol–water partition coefficient (Wildman–Crippen LogP) is 5.86. The number of aryl methyl sites for hydroxylation is 2. The molecule has 0 amide bonds. The van der Waals surface area contributed by atoms with E-state index >= 15 is 0 Å². The molecule has 0 saturated carbocycles. The van der Waals surface area contributed by atoms with Crippen molar-refractivity contribution in [1.82, 2.24) is 4.31 Å². The normalized spacial score (nSPS) is 19.5. The van der Waals surface area contributed by atoms with Crippen LogP contribution in [0.5, 0.6) is 0 Å². The number of esters is 1. The van der Waals surface area contributed by atoms with E-state index in [9.17, 15) is 13.2 Å². The Bertz CT molecular complexity index is 1900. The third-order valence-electron chi connectivity index (χ3n) is 9.54. The monoisotopic (exact) mass is 749 g/mol. The van der Waals surface area contributed by atoms with Crippen LogP contribution < -0.4 is 10.7 Å². The number of sulfonamides is 1. The molecule has 0 spiro atoms. The van der Waals surface area contributed by atoms with E-state index < -0.39 is 45.8 Å². The van der Waals surface area contributed by atoms with Gasteiger partial charge in [-0.15, -0.1) is 0 Å². The molecule has 1 saturated heterocycles. The Kier molecular flexibility index (Phi) is 9.29. The summed E-state index contributed by atoms with van der Waals surface area (Å²) >= 11 is -4.16. The molecule has 0 aromatic heterocycles. The standard InChI is InChI=1S/C22H24NO4S.3C6H5.Sn/c1-15-6-10-18(11-7-15)20-22(4,21(24)27-5)17(3)14-23(20)28(25,26)19-12-8-16(2)9-13-19;3*1-2-4-6-5-3-1;/h3,6-13,20H,14H2,1-2,4-5H3;3*1-5H;/t20-,22+;;;;/m0..../s1. The molecule has 0 radical (unpaired) electrons. The Morgan fingerprint density at radius 1 is 0.723 bits per heavy atom. The number of nitrogens with zero attached hydrogens (tertiary/aromatic N) is 1. The van der Waals surface area contributed by atoms with Crippen LogP contribution in [0.25, 0.3) is 0 Å². The van der Waals surface area contributed by atoms with Crippen LogP contribution in [0.2, 0.25) is 0 Å². The molecule has 1 aliphatic rings. The van der Waals surface area contributed by atoms with Crippen molar-refractivity contribution in [1.29, 1.82) is 0 Å². The van der Waals surface area contributed by atoms with Gasteiger partial charge < -0.3 is 0 Å². The van der Waals surface area contributed by atoms with Gasteiger partial charge in [-0.05, 0) is 0 Å². The molecule has 1 fully saturated rings. The summed E-state index contributed by atoms with van der Waals surface area (Å²) in [4.78, 5) is 14.5. The van der Waals surface area contributed by atoms with E-state index in [2.05, 4.69) is 76.9 Å². The Hall–Kier alpha value is -3.98. The molecule has 1 heterocycles. The van der Waals surface area contributed by atoms with Crippen LogP contribution in [0.4, 0.5) is 0 Å². The number of carbonyl (C=O) groups excluding carboxylic acids is 1. The number of hydrogen-bond acceptors (Lipinski definition) is 4. The summed E-state index contributed by atoms with van der Waals surface area (Å²) in [5, 5.41) is 0. The summed E-state index contributed by atoms with van der Waals surface area (Å²) in [6.45, 7) is 5.83. The quantitative estimate of drug-likeness (QED) is 0.147. The first-order chi connectivity index (χ1) is 22.6. The van der Waals surface area contributed by atoms with Crippen LogP contribution in [0.15, 0.2) is 154 Å². The number of methoxy groups -OCH3 is 1. The third-order valence-corrected chi connectivity index (χ3v) is 24.2. The fourth-order valence-electron chi connectivity index (χ4n) is 6.97. The van der Waals surface area contributed by atoms with Gasteiger partial charge in [0.15, 0.2) is 0 Å². The number of ether oxygens (including phenoxy) is 1. The van der Waals surface area contributed by atoms with Gasteiger partial charge in [-0.25, -0.2) is 0 Å². The van der Waals surface area contributed by atoms with Gasteiger partial charge in [-0.1, -0.05) is 0 Å². The first-order valence-electron chi connectivity index (χ1n) is 15.7. The summed E-state index contributed by atoms with van der Waals surface area (Å²) in [6.07, 6.45) is 0. The van der Waals surface area contributed by atoms with Crippen LogP contribution in [0, 0.1) is 19.3 Å². The Balaban J connectivity index is 1.70. The second kappa shape index (κ2) is 13.3. The minimum atomic E-state index is -4.16. The Morgan fingerprint density at radius 3 is 1.57 bits per heavy atom. The zero-order chi connectivity index (χ0) is 33.2. The van der Waals surface area contributed by atoms with Crippen molar-refractivity contribution >= 4 is 45.1 Å². The predicted molar refractivity (Wildman–Crippen MR) is 191 cm³/mol. The van der Waals surface area contributed by atoms with Crippen molar-refractivity contribution in [2.24, 2.45) is 5.41 Å². The summed E-state index contributed by atoms with van der Waals surface area (Å²) in [5.41, 5.74) is 2.18. The summed E-state index contributed by atoms with van der Waals surface area (Å²) in [7, 11) is -2.66. The van der Waals surface area contributed by atoms with Crippen molar-refractivity contribution in [3.63, 3.8) is 0 Å². The average Bonchev–Trinajstić information content (AvgIpc) is 3.41. The molecule has 238 valence electrons. The molecule has 2 atom stereocenters. The van der Waals surface area contributed by atoms with Crippen molar-refractivity contribution in [3.8, 4) is 0 Å². The molecule has 7 heteroatoms. The summed E-state index contributed by atoms with van der Waals surface area (Å²) in [5.74, 6) is -0.467. The Labute approximate surface area is 282 Å². The topological polar surface area (TPSA) is 63.7 Å². The van der Waals surface area contributed by atoms with E-state index in [4.69, 9.17) is 4.74 Å². The first-order valence-corrected chi connectivity index (χ1v) is 23.1. The van der Waals surface area contributed by atoms with Gasteiger partial charge in [0.1, 0.15) is 0 Å². The van der Waals surface area contributed by atoms with Crippen LogP contribution in [0.1, 0.15) is 29.7 Å². The molecule has 0 bridgehead atoms. The molecule has 6 rings (SSSR count). The van der Waals surface area contributed by atoms with Gasteiger partial charge in [0, 0.05) is 0 Å². The molecule has 0 N–H and O–H groups in total. The van der Waals surface area contributed by atoms with Crippen molar-refractivity contribution < 1.29 is 17.9 Å². The molecular weight excluding hydrogens is 709 g/mol. The third kappa shape index (κ3) is 5.88. The fraction of sp³-hybridized carbons (Fsp3) is 0.175. The molecule has 0 aliphatic carbocycles. The van der Waals surface area contributed by atoms with Gasteiger partial charge in [-0.2, -0.15) is 0 Å². The maximum absolute atomic E-state index is 14.7. The summed E-state index contributed by atoms with van der Waals surface area (Å²) < 4.78 is 42.4. The van der Waals surface area contributed by atoms with Crippen LogP contribution in [-0.4, -0.2) is 50.7 Å².